The molecule has 4 heteroatoms. The number of piperidine rings is 1. The Balaban J connectivity index is 1.79. The number of aliphatic imine (C=N–C) groups is 1. The van der Waals surface area contributed by atoms with Crippen LogP contribution in [0.2, 0.25) is 0 Å². The molecule has 1 atom stereocenters. The molecule has 0 amide bonds. The highest BCUT2D eigenvalue weighted by atomic mass is 15.2. The van der Waals surface area contributed by atoms with E-state index < -0.39 is 0 Å². The second-order valence-corrected chi connectivity index (χ2v) is 6.91. The van der Waals surface area contributed by atoms with Crippen LogP contribution >= 0.6 is 0 Å². The Bertz CT molecular complexity index is 504. The lowest BCUT2D eigenvalue weighted by Gasteiger charge is -2.32. The standard InChI is InChI=1S/C19H32N4/c1-15(2)17-8-7-9-18(14-17)22-19(20)21-11-10-16(3)23-12-5-4-6-13-23/h7-9,14-16H,4-6,10-13H2,1-3H3,(H3,20,21,22). The number of hydrogen-bond donors (Lipinski definition) is 2. The van der Waals surface area contributed by atoms with Crippen LogP contribution in [0.15, 0.2) is 29.3 Å². The Morgan fingerprint density at radius 3 is 2.65 bits per heavy atom. The predicted molar refractivity (Wildman–Crippen MR) is 100 cm³/mol. The smallest absolute Gasteiger partial charge is 0.193 e. The number of nitrogens with one attached hydrogen (secondary N) is 1. The third-order valence-electron chi connectivity index (χ3n) is 4.67. The molecular formula is C19H32N4. The van der Waals surface area contributed by atoms with E-state index >= 15 is 0 Å². The maximum absolute atomic E-state index is 6.02. The van der Waals surface area contributed by atoms with Gasteiger partial charge in [-0.1, -0.05) is 32.4 Å². The second-order valence-electron chi connectivity index (χ2n) is 6.91. The molecule has 1 heterocycles. The van der Waals surface area contributed by atoms with Gasteiger partial charge >= 0.3 is 0 Å². The summed E-state index contributed by atoms with van der Waals surface area (Å²) in [4.78, 5) is 7.06. The van der Waals surface area contributed by atoms with Crippen LogP contribution < -0.4 is 11.1 Å². The van der Waals surface area contributed by atoms with Crippen molar-refractivity contribution < 1.29 is 0 Å². The zero-order valence-corrected chi connectivity index (χ0v) is 14.9. The van der Waals surface area contributed by atoms with Gasteiger partial charge in [0.1, 0.15) is 0 Å². The molecule has 0 aliphatic carbocycles. The average Bonchev–Trinajstić information content (AvgIpc) is 2.55. The molecule has 1 aromatic carbocycles. The fraction of sp³-hybridized carbons (Fsp3) is 0.632. The molecule has 0 spiro atoms. The first-order valence-electron chi connectivity index (χ1n) is 8.97. The van der Waals surface area contributed by atoms with E-state index in [2.05, 4.69) is 54.2 Å². The summed E-state index contributed by atoms with van der Waals surface area (Å²) < 4.78 is 0. The van der Waals surface area contributed by atoms with Crippen molar-refractivity contribution >= 4 is 11.6 Å². The van der Waals surface area contributed by atoms with Crippen molar-refractivity contribution in [1.82, 2.24) is 4.90 Å². The van der Waals surface area contributed by atoms with Gasteiger partial charge in [-0.25, -0.2) is 0 Å². The maximum atomic E-state index is 6.02. The summed E-state index contributed by atoms with van der Waals surface area (Å²) >= 11 is 0. The van der Waals surface area contributed by atoms with Crippen molar-refractivity contribution in [3.63, 3.8) is 0 Å². The van der Waals surface area contributed by atoms with Gasteiger partial charge in [-0.05, 0) is 62.9 Å². The summed E-state index contributed by atoms with van der Waals surface area (Å²) in [6, 6.07) is 8.97. The fourth-order valence-corrected chi connectivity index (χ4v) is 3.08. The number of anilines is 1. The molecule has 1 aliphatic rings. The molecule has 2 rings (SSSR count). The normalized spacial score (nSPS) is 18.2. The third-order valence-corrected chi connectivity index (χ3v) is 4.67. The largest absolute Gasteiger partial charge is 0.370 e. The quantitative estimate of drug-likeness (QED) is 0.620. The van der Waals surface area contributed by atoms with Gasteiger partial charge in [-0.3, -0.25) is 4.99 Å². The Kier molecular flexibility index (Phi) is 6.90. The highest BCUT2D eigenvalue weighted by molar-refractivity contribution is 5.92. The van der Waals surface area contributed by atoms with E-state index in [1.165, 1.54) is 37.9 Å². The minimum absolute atomic E-state index is 0.511. The number of rotatable bonds is 6. The Morgan fingerprint density at radius 2 is 1.96 bits per heavy atom. The number of hydrogen-bond acceptors (Lipinski definition) is 2. The topological polar surface area (TPSA) is 53.6 Å². The van der Waals surface area contributed by atoms with E-state index in [-0.39, 0.29) is 0 Å². The molecule has 0 radical (unpaired) electrons. The van der Waals surface area contributed by atoms with Crippen molar-refractivity contribution in [3.05, 3.63) is 29.8 Å². The molecule has 1 aliphatic heterocycles. The fourth-order valence-electron chi connectivity index (χ4n) is 3.08. The minimum Gasteiger partial charge on any atom is -0.370 e. The highest BCUT2D eigenvalue weighted by Crippen LogP contribution is 2.18. The molecular weight excluding hydrogens is 284 g/mol. The summed E-state index contributed by atoms with van der Waals surface area (Å²) in [5.74, 6) is 1.03. The first-order valence-corrected chi connectivity index (χ1v) is 8.97. The zero-order chi connectivity index (χ0) is 16.7. The molecule has 3 N–H and O–H groups in total. The molecule has 0 bridgehead atoms. The number of likely N-dealkylation sites (tertiary alicyclic amines) is 1. The van der Waals surface area contributed by atoms with E-state index in [0.29, 0.717) is 17.9 Å². The van der Waals surface area contributed by atoms with Crippen LogP contribution in [-0.4, -0.2) is 36.5 Å². The summed E-state index contributed by atoms with van der Waals surface area (Å²) in [5.41, 5.74) is 8.34. The maximum Gasteiger partial charge on any atom is 0.193 e. The van der Waals surface area contributed by atoms with Gasteiger partial charge in [0.15, 0.2) is 5.96 Å². The highest BCUT2D eigenvalue weighted by Gasteiger charge is 2.15. The van der Waals surface area contributed by atoms with Gasteiger partial charge in [0.2, 0.25) is 0 Å². The molecule has 4 nitrogen and oxygen atoms in total. The molecule has 1 saturated heterocycles. The summed E-state index contributed by atoms with van der Waals surface area (Å²) in [7, 11) is 0. The zero-order valence-electron chi connectivity index (χ0n) is 14.9. The summed E-state index contributed by atoms with van der Waals surface area (Å²) in [5, 5.41) is 3.20. The Hall–Kier alpha value is -1.55. The van der Waals surface area contributed by atoms with Crippen LogP contribution in [0.1, 0.15) is 57.9 Å². The number of guanidine groups is 1. The van der Waals surface area contributed by atoms with Crippen LogP contribution in [0.4, 0.5) is 5.69 Å². The molecule has 1 aromatic rings. The predicted octanol–water partition coefficient (Wildman–Crippen LogP) is 3.80. The van der Waals surface area contributed by atoms with Crippen LogP contribution in [-0.2, 0) is 0 Å². The van der Waals surface area contributed by atoms with Crippen LogP contribution in [0.3, 0.4) is 0 Å². The van der Waals surface area contributed by atoms with Gasteiger partial charge in [-0.2, -0.15) is 0 Å². The van der Waals surface area contributed by atoms with Gasteiger partial charge in [-0.15, -0.1) is 0 Å². The van der Waals surface area contributed by atoms with E-state index in [1.807, 2.05) is 6.07 Å². The molecule has 0 saturated carbocycles. The lowest BCUT2D eigenvalue weighted by atomic mass is 10.0. The second kappa shape index (κ2) is 8.92. The molecule has 1 fully saturated rings. The van der Waals surface area contributed by atoms with Crippen molar-refractivity contribution in [2.75, 3.05) is 25.0 Å². The lowest BCUT2D eigenvalue weighted by Crippen LogP contribution is -2.37. The summed E-state index contributed by atoms with van der Waals surface area (Å²) in [6.45, 7) is 9.94. The van der Waals surface area contributed by atoms with Crippen molar-refractivity contribution in [2.24, 2.45) is 10.7 Å². The average molecular weight is 316 g/mol. The summed E-state index contributed by atoms with van der Waals surface area (Å²) in [6.07, 6.45) is 5.12. The van der Waals surface area contributed by atoms with E-state index in [9.17, 15) is 0 Å². The number of benzene rings is 1. The minimum atomic E-state index is 0.511. The molecule has 1 unspecified atom stereocenters. The van der Waals surface area contributed by atoms with Crippen molar-refractivity contribution in [3.8, 4) is 0 Å². The van der Waals surface area contributed by atoms with Crippen LogP contribution in [0.5, 0.6) is 0 Å². The van der Waals surface area contributed by atoms with E-state index in [1.54, 1.807) is 0 Å². The van der Waals surface area contributed by atoms with Crippen molar-refractivity contribution in [2.45, 2.75) is 58.4 Å². The SMILES string of the molecule is CC(C)c1cccc(NC(N)=NCCC(C)N2CCCCC2)c1. The van der Waals surface area contributed by atoms with Crippen LogP contribution in [0.25, 0.3) is 0 Å². The first-order chi connectivity index (χ1) is 11.1. The van der Waals surface area contributed by atoms with Gasteiger partial charge in [0.25, 0.3) is 0 Å². The van der Waals surface area contributed by atoms with Gasteiger partial charge < -0.3 is 16.0 Å². The van der Waals surface area contributed by atoms with Crippen molar-refractivity contribution in [1.29, 1.82) is 0 Å². The lowest BCUT2D eigenvalue weighted by molar-refractivity contribution is 0.168. The van der Waals surface area contributed by atoms with E-state index in [4.69, 9.17) is 5.73 Å². The molecule has 23 heavy (non-hydrogen) atoms. The molecule has 128 valence electrons. The Morgan fingerprint density at radius 1 is 1.22 bits per heavy atom. The van der Waals surface area contributed by atoms with Gasteiger partial charge in [0.05, 0.1) is 0 Å². The number of nitrogens with two attached hydrogens (primary N) is 1. The van der Waals surface area contributed by atoms with Gasteiger partial charge in [0, 0.05) is 18.3 Å². The monoisotopic (exact) mass is 316 g/mol. The number of nitrogens with zero attached hydrogens (tertiary/aromatic N) is 2. The Labute approximate surface area is 141 Å². The van der Waals surface area contributed by atoms with E-state index in [0.717, 1.165) is 18.7 Å². The molecule has 0 aromatic heterocycles. The van der Waals surface area contributed by atoms with Crippen LogP contribution in [0, 0.1) is 0 Å². The third kappa shape index (κ3) is 5.87. The first kappa shape index (κ1) is 17.8.